The molecule has 1 amide bonds. The molecule has 0 saturated carbocycles. The topological polar surface area (TPSA) is 110 Å². The van der Waals surface area contributed by atoms with Gasteiger partial charge in [-0.1, -0.05) is 12.1 Å². The highest BCUT2D eigenvalue weighted by Gasteiger charge is 2.22. The lowest BCUT2D eigenvalue weighted by molar-refractivity contribution is -0.384. The lowest BCUT2D eigenvalue weighted by Crippen LogP contribution is -2.40. The van der Waals surface area contributed by atoms with Gasteiger partial charge < -0.3 is 4.90 Å². The molecule has 9 heteroatoms. The van der Waals surface area contributed by atoms with Gasteiger partial charge in [0, 0.05) is 36.8 Å². The van der Waals surface area contributed by atoms with Crippen molar-refractivity contribution in [2.24, 2.45) is 0 Å². The zero-order valence-corrected chi connectivity index (χ0v) is 17.0. The molecule has 0 saturated heterocycles. The van der Waals surface area contributed by atoms with E-state index in [1.807, 2.05) is 0 Å². The van der Waals surface area contributed by atoms with Crippen LogP contribution in [0.3, 0.4) is 0 Å². The maximum absolute atomic E-state index is 12.6. The molecule has 0 spiro atoms. The fraction of sp³-hybridized carbons (Fsp3) is 0.316. The van der Waals surface area contributed by atoms with E-state index in [4.69, 9.17) is 0 Å². The molecule has 0 atom stereocenters. The van der Waals surface area contributed by atoms with Gasteiger partial charge in [-0.25, -0.2) is 13.1 Å². The Bertz CT molecular complexity index is 979. The first-order chi connectivity index (χ1) is 12.9. The monoisotopic (exact) mass is 405 g/mol. The van der Waals surface area contributed by atoms with Gasteiger partial charge in [-0.2, -0.15) is 0 Å². The number of nitrogens with one attached hydrogen (secondary N) is 1. The molecule has 0 fully saturated rings. The molecule has 2 aromatic carbocycles. The number of nitro groups is 1. The van der Waals surface area contributed by atoms with Gasteiger partial charge in [0.2, 0.25) is 10.0 Å². The van der Waals surface area contributed by atoms with E-state index in [2.05, 4.69) is 4.72 Å². The number of carbonyl (C=O) groups excluding carboxylic acids is 1. The quantitative estimate of drug-likeness (QED) is 0.587. The minimum absolute atomic E-state index is 0.0424. The number of hydrogen-bond donors (Lipinski definition) is 1. The molecule has 0 aliphatic carbocycles. The van der Waals surface area contributed by atoms with Crippen LogP contribution in [0.4, 0.5) is 5.69 Å². The summed E-state index contributed by atoms with van der Waals surface area (Å²) in [7, 11) is -2.10. The Balaban J connectivity index is 2.14. The lowest BCUT2D eigenvalue weighted by Gasteiger charge is -2.20. The van der Waals surface area contributed by atoms with Gasteiger partial charge in [-0.15, -0.1) is 0 Å². The summed E-state index contributed by atoms with van der Waals surface area (Å²) in [6.07, 6.45) is 0. The predicted octanol–water partition coefficient (Wildman–Crippen LogP) is 2.94. The van der Waals surface area contributed by atoms with Crippen molar-refractivity contribution >= 4 is 21.6 Å². The predicted molar refractivity (Wildman–Crippen MR) is 105 cm³/mol. The Morgan fingerprint density at radius 1 is 1.14 bits per heavy atom. The summed E-state index contributed by atoms with van der Waals surface area (Å²) in [4.78, 5) is 24.4. The third kappa shape index (κ3) is 5.61. The van der Waals surface area contributed by atoms with Crippen LogP contribution in [0, 0.1) is 10.1 Å². The number of carbonyl (C=O) groups is 1. The van der Waals surface area contributed by atoms with Crippen LogP contribution in [0.25, 0.3) is 0 Å². The van der Waals surface area contributed by atoms with Gasteiger partial charge in [-0.3, -0.25) is 14.9 Å². The lowest BCUT2D eigenvalue weighted by atomic mass is 10.1. The van der Waals surface area contributed by atoms with Gasteiger partial charge in [0.1, 0.15) is 0 Å². The third-order valence-corrected chi connectivity index (χ3v) is 5.51. The smallest absolute Gasteiger partial charge is 0.269 e. The molecule has 0 bridgehead atoms. The highest BCUT2D eigenvalue weighted by molar-refractivity contribution is 7.89. The van der Waals surface area contributed by atoms with Crippen LogP contribution in [-0.2, 0) is 16.6 Å². The van der Waals surface area contributed by atoms with E-state index < -0.39 is 20.5 Å². The molecule has 0 unspecified atom stereocenters. The zero-order chi connectivity index (χ0) is 21.1. The van der Waals surface area contributed by atoms with E-state index in [0.717, 1.165) is 0 Å². The number of nitro benzene ring substituents is 1. The average molecular weight is 405 g/mol. The Morgan fingerprint density at radius 2 is 1.75 bits per heavy atom. The van der Waals surface area contributed by atoms with E-state index in [9.17, 15) is 23.3 Å². The van der Waals surface area contributed by atoms with Crippen molar-refractivity contribution in [3.63, 3.8) is 0 Å². The van der Waals surface area contributed by atoms with Crippen LogP contribution in [0.1, 0.15) is 36.7 Å². The summed E-state index contributed by atoms with van der Waals surface area (Å²) < 4.78 is 27.2. The number of hydrogen-bond acceptors (Lipinski definition) is 5. The van der Waals surface area contributed by atoms with Crippen LogP contribution in [0.15, 0.2) is 53.4 Å². The summed E-state index contributed by atoms with van der Waals surface area (Å²) in [5, 5.41) is 10.9. The molecular formula is C19H23N3O5S. The van der Waals surface area contributed by atoms with Crippen molar-refractivity contribution < 1.29 is 18.1 Å². The van der Waals surface area contributed by atoms with Gasteiger partial charge in [-0.05, 0) is 50.6 Å². The number of benzene rings is 2. The van der Waals surface area contributed by atoms with Crippen molar-refractivity contribution in [2.75, 3.05) is 7.05 Å². The van der Waals surface area contributed by atoms with Crippen molar-refractivity contribution in [2.45, 2.75) is 37.8 Å². The summed E-state index contributed by atoms with van der Waals surface area (Å²) in [5.74, 6) is -0.320. The zero-order valence-electron chi connectivity index (χ0n) is 16.2. The van der Waals surface area contributed by atoms with E-state index in [1.165, 1.54) is 41.3 Å². The van der Waals surface area contributed by atoms with Crippen LogP contribution in [0.2, 0.25) is 0 Å². The Hall–Kier alpha value is -2.78. The second-order valence-electron chi connectivity index (χ2n) is 7.47. The molecule has 0 aliphatic heterocycles. The Labute approximate surface area is 164 Å². The third-order valence-electron chi connectivity index (χ3n) is 3.74. The van der Waals surface area contributed by atoms with Crippen molar-refractivity contribution in [3.8, 4) is 0 Å². The maximum Gasteiger partial charge on any atom is 0.269 e. The highest BCUT2D eigenvalue weighted by atomic mass is 32.2. The fourth-order valence-corrected chi connectivity index (χ4v) is 3.99. The van der Waals surface area contributed by atoms with E-state index in [-0.39, 0.29) is 23.0 Å². The Kier molecular flexibility index (Phi) is 6.20. The first-order valence-electron chi connectivity index (χ1n) is 8.52. The van der Waals surface area contributed by atoms with Crippen LogP contribution >= 0.6 is 0 Å². The fourth-order valence-electron chi connectivity index (χ4n) is 2.57. The summed E-state index contributed by atoms with van der Waals surface area (Å²) in [6.45, 7) is 5.41. The van der Waals surface area contributed by atoms with Crippen LogP contribution < -0.4 is 4.72 Å². The highest BCUT2D eigenvalue weighted by Crippen LogP contribution is 2.17. The van der Waals surface area contributed by atoms with E-state index >= 15 is 0 Å². The molecule has 0 radical (unpaired) electrons. The molecule has 28 heavy (non-hydrogen) atoms. The Morgan fingerprint density at radius 3 is 2.29 bits per heavy atom. The van der Waals surface area contributed by atoms with E-state index in [1.54, 1.807) is 40.0 Å². The molecule has 0 aromatic heterocycles. The average Bonchev–Trinajstić information content (AvgIpc) is 2.59. The molecule has 2 rings (SSSR count). The summed E-state index contributed by atoms with van der Waals surface area (Å²) in [5.41, 5.74) is 0.284. The second-order valence-corrected chi connectivity index (χ2v) is 9.15. The van der Waals surface area contributed by atoms with Crippen molar-refractivity contribution in [1.29, 1.82) is 0 Å². The maximum atomic E-state index is 12.6. The largest absolute Gasteiger partial charge is 0.337 e. The summed E-state index contributed by atoms with van der Waals surface area (Å²) >= 11 is 0. The van der Waals surface area contributed by atoms with Gasteiger partial charge >= 0.3 is 0 Å². The van der Waals surface area contributed by atoms with Crippen LogP contribution in [-0.4, -0.2) is 36.7 Å². The number of sulfonamides is 1. The molecule has 1 N–H and O–H groups in total. The first-order valence-corrected chi connectivity index (χ1v) is 10.0. The van der Waals surface area contributed by atoms with Gasteiger partial charge in [0.25, 0.3) is 11.6 Å². The molecule has 0 heterocycles. The number of amides is 1. The van der Waals surface area contributed by atoms with E-state index in [0.29, 0.717) is 11.1 Å². The molecule has 0 aliphatic rings. The standard InChI is InChI=1S/C19H23N3O5S/c1-19(2,3)20-28(26,27)17-10-8-15(9-11-17)18(23)21(4)13-14-6-5-7-16(12-14)22(24)25/h5-12,20H,13H2,1-4H3. The van der Waals surface area contributed by atoms with Crippen molar-refractivity contribution in [3.05, 3.63) is 69.8 Å². The first kappa shape index (κ1) is 21.5. The second kappa shape index (κ2) is 8.07. The summed E-state index contributed by atoms with van der Waals surface area (Å²) in [6, 6.07) is 11.7. The SMILES string of the molecule is CN(Cc1cccc([N+](=O)[O-])c1)C(=O)c1ccc(S(=O)(=O)NC(C)(C)C)cc1. The molecule has 2 aromatic rings. The number of non-ortho nitro benzene ring substituents is 1. The molecule has 150 valence electrons. The molecular weight excluding hydrogens is 382 g/mol. The number of nitrogens with zero attached hydrogens (tertiary/aromatic N) is 2. The van der Waals surface area contributed by atoms with Crippen molar-refractivity contribution in [1.82, 2.24) is 9.62 Å². The van der Waals surface area contributed by atoms with Crippen LogP contribution in [0.5, 0.6) is 0 Å². The van der Waals surface area contributed by atoms with Gasteiger partial charge in [0.15, 0.2) is 0 Å². The van der Waals surface area contributed by atoms with Gasteiger partial charge in [0.05, 0.1) is 9.82 Å². The number of rotatable bonds is 6. The minimum atomic E-state index is -3.68. The molecule has 8 nitrogen and oxygen atoms in total. The normalized spacial score (nSPS) is 11.9. The minimum Gasteiger partial charge on any atom is -0.337 e.